The number of benzene rings is 2. The van der Waals surface area contributed by atoms with E-state index < -0.39 is 9.84 Å². The molecule has 0 fully saturated rings. The molecule has 0 saturated carbocycles. The molecule has 0 aliphatic rings. The fraction of sp³-hybridized carbons (Fsp3) is 0.235. The van der Waals surface area contributed by atoms with E-state index in [-0.39, 0.29) is 11.9 Å². The van der Waals surface area contributed by atoms with Crippen molar-refractivity contribution >= 4 is 9.84 Å². The first kappa shape index (κ1) is 16.1. The monoisotopic (exact) mass is 315 g/mol. The number of rotatable bonds is 5. The lowest BCUT2D eigenvalue weighted by molar-refractivity contribution is 0.227. The first-order valence-electron chi connectivity index (χ1n) is 6.96. The van der Waals surface area contributed by atoms with Crippen LogP contribution in [0.3, 0.4) is 0 Å². The lowest BCUT2D eigenvalue weighted by Gasteiger charge is -2.15. The first-order chi connectivity index (χ1) is 10.5. The Morgan fingerprint density at radius 1 is 1.09 bits per heavy atom. The molecule has 0 N–H and O–H groups in total. The third-order valence-electron chi connectivity index (χ3n) is 3.38. The van der Waals surface area contributed by atoms with Gasteiger partial charge in [-0.05, 0) is 48.9 Å². The van der Waals surface area contributed by atoms with Crippen molar-refractivity contribution in [3.05, 3.63) is 59.7 Å². The Morgan fingerprint density at radius 3 is 2.18 bits per heavy atom. The Balaban J connectivity index is 2.12. The van der Waals surface area contributed by atoms with Crippen molar-refractivity contribution in [3.8, 4) is 11.8 Å². The average molecular weight is 315 g/mol. The highest BCUT2D eigenvalue weighted by molar-refractivity contribution is 7.91. The fourth-order valence-electron chi connectivity index (χ4n) is 1.99. The summed E-state index contributed by atoms with van der Waals surface area (Å²) in [4.78, 5) is 0.323. The minimum absolute atomic E-state index is 0.0869. The van der Waals surface area contributed by atoms with Crippen LogP contribution in [-0.4, -0.2) is 14.2 Å². The van der Waals surface area contributed by atoms with E-state index in [2.05, 4.69) is 6.07 Å². The van der Waals surface area contributed by atoms with E-state index in [4.69, 9.17) is 10.00 Å². The van der Waals surface area contributed by atoms with E-state index >= 15 is 0 Å². The summed E-state index contributed by atoms with van der Waals surface area (Å²) in [5, 5.41) is 8.76. The molecule has 0 amide bonds. The van der Waals surface area contributed by atoms with Crippen LogP contribution < -0.4 is 4.74 Å². The zero-order valence-electron chi connectivity index (χ0n) is 12.5. The third-order valence-corrected chi connectivity index (χ3v) is 5.14. The van der Waals surface area contributed by atoms with Gasteiger partial charge in [-0.3, -0.25) is 0 Å². The second-order valence-corrected chi connectivity index (χ2v) is 7.15. The van der Waals surface area contributed by atoms with Gasteiger partial charge in [0.2, 0.25) is 0 Å². The predicted molar refractivity (Wildman–Crippen MR) is 84.4 cm³/mol. The molecule has 0 aromatic heterocycles. The molecule has 0 heterocycles. The number of nitriles is 1. The fourth-order valence-corrected chi connectivity index (χ4v) is 2.88. The molecule has 0 aliphatic carbocycles. The quantitative estimate of drug-likeness (QED) is 0.847. The summed E-state index contributed by atoms with van der Waals surface area (Å²) in [6.45, 7) is 3.52. The topological polar surface area (TPSA) is 67.2 Å². The Kier molecular flexibility index (Phi) is 4.84. The largest absolute Gasteiger partial charge is 0.486 e. The molecule has 1 unspecified atom stereocenters. The molecule has 0 spiro atoms. The van der Waals surface area contributed by atoms with Gasteiger partial charge in [0.1, 0.15) is 11.9 Å². The van der Waals surface area contributed by atoms with Gasteiger partial charge in [-0.2, -0.15) is 5.26 Å². The minimum Gasteiger partial charge on any atom is -0.486 e. The molecular weight excluding hydrogens is 298 g/mol. The van der Waals surface area contributed by atoms with E-state index in [0.717, 1.165) is 5.56 Å². The standard InChI is InChI=1S/C17H17NO3S/c1-3-22(19,20)17-10-6-15(7-11-17)13(2)21-16-8-4-14(12-18)5-9-16/h4-11,13H,3H2,1-2H3. The molecule has 0 saturated heterocycles. The molecular formula is C17H17NO3S. The summed E-state index contributed by atoms with van der Waals surface area (Å²) < 4.78 is 29.3. The summed E-state index contributed by atoms with van der Waals surface area (Å²) in [6, 6.07) is 15.7. The second-order valence-electron chi connectivity index (χ2n) is 4.87. The Morgan fingerprint density at radius 2 is 1.68 bits per heavy atom. The van der Waals surface area contributed by atoms with Gasteiger partial charge in [-0.15, -0.1) is 0 Å². The third kappa shape index (κ3) is 3.66. The molecule has 0 radical (unpaired) electrons. The number of ether oxygens (including phenoxy) is 1. The molecule has 2 rings (SSSR count). The van der Waals surface area contributed by atoms with E-state index in [1.165, 1.54) is 0 Å². The van der Waals surface area contributed by atoms with Crippen LogP contribution in [-0.2, 0) is 9.84 Å². The molecule has 1 atom stereocenters. The van der Waals surface area contributed by atoms with Crippen LogP contribution in [0.2, 0.25) is 0 Å². The van der Waals surface area contributed by atoms with Crippen molar-refractivity contribution in [3.63, 3.8) is 0 Å². The molecule has 22 heavy (non-hydrogen) atoms. The zero-order chi connectivity index (χ0) is 16.2. The van der Waals surface area contributed by atoms with E-state index in [1.54, 1.807) is 55.5 Å². The summed E-state index contributed by atoms with van der Waals surface area (Å²) >= 11 is 0. The van der Waals surface area contributed by atoms with Gasteiger partial charge in [-0.25, -0.2) is 8.42 Å². The zero-order valence-corrected chi connectivity index (χ0v) is 13.3. The highest BCUT2D eigenvalue weighted by Gasteiger charge is 2.13. The van der Waals surface area contributed by atoms with Gasteiger partial charge in [0, 0.05) is 0 Å². The van der Waals surface area contributed by atoms with Crippen LogP contribution in [0.1, 0.15) is 31.1 Å². The van der Waals surface area contributed by atoms with E-state index in [1.807, 2.05) is 6.92 Å². The van der Waals surface area contributed by atoms with Gasteiger partial charge >= 0.3 is 0 Å². The SMILES string of the molecule is CCS(=O)(=O)c1ccc(C(C)Oc2ccc(C#N)cc2)cc1. The van der Waals surface area contributed by atoms with Crippen LogP contribution in [0.5, 0.6) is 5.75 Å². The van der Waals surface area contributed by atoms with Crippen LogP contribution >= 0.6 is 0 Å². The van der Waals surface area contributed by atoms with Crippen molar-refractivity contribution in [1.29, 1.82) is 5.26 Å². The van der Waals surface area contributed by atoms with Gasteiger partial charge in [0.15, 0.2) is 9.84 Å². The smallest absolute Gasteiger partial charge is 0.178 e. The van der Waals surface area contributed by atoms with Crippen molar-refractivity contribution in [2.45, 2.75) is 24.8 Å². The lowest BCUT2D eigenvalue weighted by Crippen LogP contribution is -2.06. The average Bonchev–Trinajstić information content (AvgIpc) is 2.55. The van der Waals surface area contributed by atoms with E-state index in [9.17, 15) is 8.42 Å². The van der Waals surface area contributed by atoms with Gasteiger partial charge in [0.25, 0.3) is 0 Å². The molecule has 0 bridgehead atoms. The van der Waals surface area contributed by atoms with Crippen molar-refractivity contribution in [2.75, 3.05) is 5.75 Å². The summed E-state index contributed by atoms with van der Waals surface area (Å²) in [5.74, 6) is 0.751. The summed E-state index contributed by atoms with van der Waals surface area (Å²) in [6.07, 6.45) is -0.216. The van der Waals surface area contributed by atoms with Crippen LogP contribution in [0.15, 0.2) is 53.4 Å². The van der Waals surface area contributed by atoms with Crippen molar-refractivity contribution < 1.29 is 13.2 Å². The molecule has 2 aromatic rings. The normalized spacial score (nSPS) is 12.4. The van der Waals surface area contributed by atoms with E-state index in [0.29, 0.717) is 16.2 Å². The van der Waals surface area contributed by atoms with Crippen LogP contribution in [0.4, 0.5) is 0 Å². The number of nitrogens with zero attached hydrogens (tertiary/aromatic N) is 1. The van der Waals surface area contributed by atoms with Crippen molar-refractivity contribution in [2.24, 2.45) is 0 Å². The molecule has 4 nitrogen and oxygen atoms in total. The van der Waals surface area contributed by atoms with Gasteiger partial charge < -0.3 is 4.74 Å². The maximum absolute atomic E-state index is 11.8. The number of hydrogen-bond acceptors (Lipinski definition) is 4. The number of sulfone groups is 1. The molecule has 5 heteroatoms. The Hall–Kier alpha value is -2.32. The number of hydrogen-bond donors (Lipinski definition) is 0. The highest BCUT2D eigenvalue weighted by Crippen LogP contribution is 2.23. The molecule has 0 aliphatic heterocycles. The van der Waals surface area contributed by atoms with Crippen LogP contribution in [0, 0.1) is 11.3 Å². The predicted octanol–water partition coefficient (Wildman–Crippen LogP) is 3.49. The maximum atomic E-state index is 11.8. The maximum Gasteiger partial charge on any atom is 0.178 e. The molecule has 2 aromatic carbocycles. The van der Waals surface area contributed by atoms with Crippen molar-refractivity contribution in [1.82, 2.24) is 0 Å². The first-order valence-corrected chi connectivity index (χ1v) is 8.61. The summed E-state index contributed by atoms with van der Waals surface area (Å²) in [7, 11) is -3.18. The highest BCUT2D eigenvalue weighted by atomic mass is 32.2. The van der Waals surface area contributed by atoms with Gasteiger partial charge in [0.05, 0.1) is 22.3 Å². The van der Waals surface area contributed by atoms with Crippen LogP contribution in [0.25, 0.3) is 0 Å². The Bertz CT molecular complexity index is 772. The molecule has 114 valence electrons. The summed E-state index contributed by atoms with van der Waals surface area (Å²) in [5.41, 5.74) is 1.47. The minimum atomic E-state index is -3.18. The lowest BCUT2D eigenvalue weighted by atomic mass is 10.1. The van der Waals surface area contributed by atoms with Gasteiger partial charge in [-0.1, -0.05) is 19.1 Å². The Labute approximate surface area is 130 Å². The second kappa shape index (κ2) is 6.63.